The minimum atomic E-state index is -0.226. The van der Waals surface area contributed by atoms with Gasteiger partial charge in [0.1, 0.15) is 23.0 Å². The number of aromatic nitrogens is 8. The number of fused-ring (bicyclic) bond motifs is 8. The minimum absolute atomic E-state index is 0.0846. The van der Waals surface area contributed by atoms with Gasteiger partial charge in [-0.15, -0.1) is 20.4 Å². The summed E-state index contributed by atoms with van der Waals surface area (Å²) in [5.74, 6) is 2.63. The number of rotatable bonds is 6. The Labute approximate surface area is 389 Å². The molecular weight excluding hydrogens is 829 g/mol. The molecule has 14 nitrogen and oxygen atoms in total. The van der Waals surface area contributed by atoms with E-state index < -0.39 is 0 Å². The molecule has 0 saturated heterocycles. The Morgan fingerprint density at radius 1 is 0.470 bits per heavy atom. The largest absolute Gasteiger partial charge is 0.507 e. The van der Waals surface area contributed by atoms with Crippen LogP contribution in [0.15, 0.2) is 48.5 Å². The second-order valence-corrected chi connectivity index (χ2v) is 20.9. The van der Waals surface area contributed by atoms with Crippen molar-refractivity contribution in [2.24, 2.45) is 0 Å². The Bertz CT molecular complexity index is 2420. The molecule has 1 aliphatic carbocycles. The van der Waals surface area contributed by atoms with Gasteiger partial charge in [-0.1, -0.05) is 142 Å². The third kappa shape index (κ3) is 12.3. The zero-order valence-electron chi connectivity index (χ0n) is 41.2. The Balaban J connectivity index is 0.00000129. The highest BCUT2D eigenvalue weighted by Gasteiger charge is 2.29. The molecule has 14 heteroatoms. The molecule has 2 heterocycles. The zero-order chi connectivity index (χ0) is 48.8. The van der Waals surface area contributed by atoms with Gasteiger partial charge in [0.05, 0.1) is 12.1 Å². The average molecular weight is 895 g/mol. The first-order chi connectivity index (χ1) is 30.9. The number of phenolic OH excluding ortho intramolecular Hbond substituents is 2. The molecule has 0 spiro atoms. The fourth-order valence-corrected chi connectivity index (χ4v) is 7.78. The van der Waals surface area contributed by atoms with Gasteiger partial charge in [0.25, 0.3) is 0 Å². The fraction of sp³-hybridized carbons (Fsp3) is 0.462. The first-order valence-electron chi connectivity index (χ1n) is 22.2. The maximum absolute atomic E-state index is 12.5. The van der Waals surface area contributed by atoms with Gasteiger partial charge in [-0.2, -0.15) is 21.0 Å². The van der Waals surface area contributed by atoms with Gasteiger partial charge >= 0.3 is 0 Å². The number of ether oxygens (including phenoxy) is 2. The number of benzene rings is 4. The number of aromatic hydroxyl groups is 2. The molecular formula is C52H66N10O4. The number of tetrazole rings is 2. The third-order valence-corrected chi connectivity index (χ3v) is 11.5. The topological polar surface area (TPSA) is 215 Å². The second kappa shape index (κ2) is 20.2. The van der Waals surface area contributed by atoms with Crippen LogP contribution < -0.4 is 9.47 Å². The van der Waals surface area contributed by atoms with Crippen molar-refractivity contribution in [2.75, 3.05) is 0 Å². The van der Waals surface area contributed by atoms with Crippen molar-refractivity contribution in [3.63, 3.8) is 0 Å². The monoisotopic (exact) mass is 895 g/mol. The Morgan fingerprint density at radius 3 is 0.894 bits per heavy atom. The lowest BCUT2D eigenvalue weighted by Crippen LogP contribution is -2.17. The van der Waals surface area contributed by atoms with Gasteiger partial charge in [0.2, 0.25) is 11.6 Å². The van der Waals surface area contributed by atoms with E-state index in [1.807, 2.05) is 0 Å². The molecule has 0 unspecified atom stereocenters. The van der Waals surface area contributed by atoms with Crippen molar-refractivity contribution >= 4 is 0 Å². The van der Waals surface area contributed by atoms with E-state index in [1.165, 1.54) is 13.8 Å². The first kappa shape index (κ1) is 50.2. The van der Waals surface area contributed by atoms with Crippen LogP contribution in [0.25, 0.3) is 0 Å². The summed E-state index contributed by atoms with van der Waals surface area (Å²) in [5, 5.41) is 68.9. The summed E-state index contributed by atoms with van der Waals surface area (Å²) < 4.78 is 13.4. The van der Waals surface area contributed by atoms with Gasteiger partial charge in [-0.25, -0.2) is 0 Å². The van der Waals surface area contributed by atoms with Crippen LogP contribution in [-0.2, 0) is 60.6 Å². The summed E-state index contributed by atoms with van der Waals surface area (Å²) in [6.45, 7) is 29.4. The van der Waals surface area contributed by atoms with Gasteiger partial charge in [-0.05, 0) is 88.4 Å². The highest BCUT2D eigenvalue weighted by atomic mass is 16.5. The summed E-state index contributed by atoms with van der Waals surface area (Å²) in [4.78, 5) is 0. The van der Waals surface area contributed by atoms with Crippen LogP contribution in [0.3, 0.4) is 0 Å². The van der Waals surface area contributed by atoms with E-state index in [0.29, 0.717) is 48.8 Å². The third-order valence-electron chi connectivity index (χ3n) is 11.5. The molecule has 0 aliphatic heterocycles. The van der Waals surface area contributed by atoms with E-state index >= 15 is 0 Å². The summed E-state index contributed by atoms with van der Waals surface area (Å²) in [7, 11) is 0. The van der Waals surface area contributed by atoms with Crippen LogP contribution in [0.4, 0.5) is 0 Å². The number of H-pyrrole nitrogens is 2. The maximum atomic E-state index is 12.5. The number of phenols is 2. The molecule has 0 atom stereocenters. The number of nitriles is 2. The Hall–Kier alpha value is -6.80. The van der Waals surface area contributed by atoms with Crippen molar-refractivity contribution in [3.05, 3.63) is 127 Å². The number of aromatic amines is 2. The molecule has 6 aromatic rings. The van der Waals surface area contributed by atoms with Gasteiger partial charge < -0.3 is 19.7 Å². The normalized spacial score (nSPS) is 12.7. The number of hydrogen-bond acceptors (Lipinski definition) is 12. The molecule has 4 N–H and O–H groups in total. The molecule has 4 aromatic carbocycles. The molecule has 7 rings (SSSR count). The molecule has 348 valence electrons. The number of hydrogen-bond donors (Lipinski definition) is 4. The van der Waals surface area contributed by atoms with E-state index in [0.717, 1.165) is 66.8 Å². The molecule has 0 radical (unpaired) electrons. The minimum Gasteiger partial charge on any atom is -0.507 e. The zero-order valence-corrected chi connectivity index (χ0v) is 41.2. The van der Waals surface area contributed by atoms with Crippen molar-refractivity contribution in [2.45, 2.75) is 157 Å². The lowest BCUT2D eigenvalue weighted by Gasteiger charge is -2.28. The first-order valence-corrected chi connectivity index (χ1v) is 22.2. The van der Waals surface area contributed by atoms with E-state index in [1.54, 1.807) is 12.1 Å². The van der Waals surface area contributed by atoms with Gasteiger partial charge in [-0.3, -0.25) is 0 Å². The Morgan fingerprint density at radius 2 is 0.697 bits per heavy atom. The number of nitrogens with zero attached hydrogens (tertiary/aromatic N) is 8. The smallest absolute Gasteiger partial charge is 0.211 e. The van der Waals surface area contributed by atoms with Crippen molar-refractivity contribution in [3.8, 4) is 35.1 Å². The van der Waals surface area contributed by atoms with E-state index in [-0.39, 0.29) is 46.4 Å². The lowest BCUT2D eigenvalue weighted by atomic mass is 9.79. The lowest BCUT2D eigenvalue weighted by molar-refractivity contribution is 0.290. The second-order valence-electron chi connectivity index (χ2n) is 20.9. The molecule has 1 aliphatic rings. The predicted octanol–water partition coefficient (Wildman–Crippen LogP) is 10.2. The summed E-state index contributed by atoms with van der Waals surface area (Å²) in [6, 6.07) is 20.8. The average Bonchev–Trinajstić information content (AvgIpc) is 3.94. The molecule has 66 heavy (non-hydrogen) atoms. The van der Waals surface area contributed by atoms with Crippen LogP contribution in [0, 0.1) is 22.7 Å². The molecule has 0 amide bonds. The van der Waals surface area contributed by atoms with E-state index in [2.05, 4.69) is 173 Å². The van der Waals surface area contributed by atoms with Crippen LogP contribution >= 0.6 is 0 Å². The van der Waals surface area contributed by atoms with Crippen LogP contribution in [0.2, 0.25) is 0 Å². The highest BCUT2D eigenvalue weighted by molar-refractivity contribution is 5.59. The quantitative estimate of drug-likeness (QED) is 0.123. The predicted molar refractivity (Wildman–Crippen MR) is 255 cm³/mol. The Kier molecular flexibility index (Phi) is 15.3. The molecule has 0 fully saturated rings. The van der Waals surface area contributed by atoms with Crippen molar-refractivity contribution in [1.82, 2.24) is 41.2 Å². The molecule has 0 saturated carbocycles. The number of nitrogens with one attached hydrogen (secondary N) is 2. The summed E-state index contributed by atoms with van der Waals surface area (Å²) >= 11 is 0. The van der Waals surface area contributed by atoms with Gasteiger partial charge in [0.15, 0.2) is 13.2 Å². The van der Waals surface area contributed by atoms with E-state index in [4.69, 9.17) is 20.0 Å². The van der Waals surface area contributed by atoms with Crippen LogP contribution in [0.1, 0.15) is 175 Å². The summed E-state index contributed by atoms with van der Waals surface area (Å²) in [5.41, 5.74) is 10.3. The summed E-state index contributed by atoms with van der Waals surface area (Å²) in [6.07, 6.45) is 1.54. The highest BCUT2D eigenvalue weighted by Crippen LogP contribution is 2.44. The van der Waals surface area contributed by atoms with Crippen LogP contribution in [-0.4, -0.2) is 51.5 Å². The van der Waals surface area contributed by atoms with Gasteiger partial charge in [0, 0.05) is 39.5 Å². The molecule has 8 bridgehead atoms. The SMILES string of the molecule is CC#N.CC#N.CC(C)(C)c1cc2c(O)c(c1)Cc1cc(C(C)(C)C)cc(c1OCc1nn[nH]n1)Cc1cc(C(C)(C)C)cc(c1O)Cc1cc(C(C)(C)C)cc(c1OCc1nn[nH]n1)C2. The van der Waals surface area contributed by atoms with Crippen molar-refractivity contribution in [1.29, 1.82) is 10.5 Å². The van der Waals surface area contributed by atoms with Crippen LogP contribution in [0.5, 0.6) is 23.0 Å². The fourth-order valence-electron chi connectivity index (χ4n) is 7.78. The molecule has 2 aromatic heterocycles. The van der Waals surface area contributed by atoms with E-state index in [9.17, 15) is 10.2 Å². The maximum Gasteiger partial charge on any atom is 0.211 e. The van der Waals surface area contributed by atoms with Crippen molar-refractivity contribution < 1.29 is 19.7 Å². The standard InChI is InChI=1S/C48H60N8O4.2C2H3N/c1-45(2,3)35-17-27-13-31-21-37(47(7,8)9)23-33(43(31)59-25-39-49-53-54-50-39)15-29-19-36(46(4,5)6)20-30(42(29)58)16-34-24-38(48(10,11)12)22-32(14-28(18-35)41(27)57)44(34)60-26-40-51-55-56-52-40;2*1-2-3/h17-24,57-58H,13-16,25-26H2,1-12H3,(H,49,50,53,54)(H,51,52,55,56);2*1H3.